The lowest BCUT2D eigenvalue weighted by Gasteiger charge is -2.26. The zero-order valence-corrected chi connectivity index (χ0v) is 11.7. The first kappa shape index (κ1) is 12.6. The first-order chi connectivity index (χ1) is 7.74. The Morgan fingerprint density at radius 2 is 1.88 bits per heavy atom. The Hall–Kier alpha value is 0.190. The Labute approximate surface area is 100 Å². The molecule has 0 aromatic heterocycles. The van der Waals surface area contributed by atoms with E-state index in [2.05, 4.69) is 18.7 Å². The molecule has 2 heterocycles. The molecule has 0 radical (unpaired) electrons. The summed E-state index contributed by atoms with van der Waals surface area (Å²) in [5.41, 5.74) is 0.565. The Kier molecular flexibility index (Phi) is 4.13. The number of unbranched alkanes of at least 4 members (excludes halogenated alkanes) is 1. The van der Waals surface area contributed by atoms with Crippen molar-refractivity contribution in [1.29, 1.82) is 0 Å². The molecule has 0 bridgehead atoms. The first-order valence-electron chi connectivity index (χ1n) is 7.06. The van der Waals surface area contributed by atoms with Crippen LogP contribution < -0.4 is 0 Å². The Morgan fingerprint density at radius 3 is 2.44 bits per heavy atom. The molecule has 2 fully saturated rings. The second-order valence-corrected chi connectivity index (χ2v) is 8.92. The number of piperidine rings is 1. The fourth-order valence-corrected chi connectivity index (χ4v) is 7.17. The van der Waals surface area contributed by atoms with Crippen molar-refractivity contribution in [3.8, 4) is 0 Å². The molecule has 0 aliphatic carbocycles. The van der Waals surface area contributed by atoms with E-state index in [0.29, 0.717) is 11.4 Å². The molecule has 2 nitrogen and oxygen atoms in total. The summed E-state index contributed by atoms with van der Waals surface area (Å²) >= 11 is 0. The highest BCUT2D eigenvalue weighted by Crippen LogP contribution is 2.76. The van der Waals surface area contributed by atoms with Gasteiger partial charge in [0, 0.05) is 5.66 Å². The van der Waals surface area contributed by atoms with Crippen LogP contribution in [0.3, 0.4) is 0 Å². The monoisotopic (exact) mass is 243 g/mol. The van der Waals surface area contributed by atoms with Gasteiger partial charge in [-0.3, -0.25) is 4.90 Å². The van der Waals surface area contributed by atoms with Crippen molar-refractivity contribution in [2.75, 3.05) is 19.3 Å². The van der Waals surface area contributed by atoms with Crippen LogP contribution in [0.15, 0.2) is 0 Å². The largest absolute Gasteiger partial charge is 0.322 e. The molecule has 2 saturated heterocycles. The smallest absolute Gasteiger partial charge is 0.109 e. The fourth-order valence-electron chi connectivity index (χ4n) is 3.32. The predicted molar refractivity (Wildman–Crippen MR) is 70.7 cm³/mol. The molecule has 16 heavy (non-hydrogen) atoms. The van der Waals surface area contributed by atoms with E-state index in [-0.39, 0.29) is 0 Å². The lowest BCUT2D eigenvalue weighted by atomic mass is 10.1. The Morgan fingerprint density at radius 1 is 1.19 bits per heavy atom. The summed E-state index contributed by atoms with van der Waals surface area (Å²) in [4.78, 5) is 2.55. The zero-order valence-electron chi connectivity index (χ0n) is 10.8. The maximum absolute atomic E-state index is 12.7. The molecule has 3 atom stereocenters. The predicted octanol–water partition coefficient (Wildman–Crippen LogP) is 3.75. The fraction of sp³-hybridized carbons (Fsp3) is 1.00. The van der Waals surface area contributed by atoms with Crippen LogP contribution >= 0.6 is 7.14 Å². The van der Waals surface area contributed by atoms with E-state index < -0.39 is 7.14 Å². The van der Waals surface area contributed by atoms with E-state index in [4.69, 9.17) is 0 Å². The highest BCUT2D eigenvalue weighted by molar-refractivity contribution is 7.73. The van der Waals surface area contributed by atoms with Crippen molar-refractivity contribution in [3.63, 3.8) is 0 Å². The van der Waals surface area contributed by atoms with Gasteiger partial charge in [0.15, 0.2) is 0 Å². The third-order valence-electron chi connectivity index (χ3n) is 4.38. The molecule has 0 aromatic carbocycles. The van der Waals surface area contributed by atoms with Crippen LogP contribution in [0.25, 0.3) is 0 Å². The molecule has 3 unspecified atom stereocenters. The minimum atomic E-state index is -1.79. The molecule has 3 heteroatoms. The number of nitrogens with zero attached hydrogens (tertiary/aromatic N) is 1. The van der Waals surface area contributed by atoms with Gasteiger partial charge in [-0.25, -0.2) is 0 Å². The third kappa shape index (κ3) is 2.24. The summed E-state index contributed by atoms with van der Waals surface area (Å²) in [6.07, 6.45) is 8.66. The summed E-state index contributed by atoms with van der Waals surface area (Å²) < 4.78 is 12.7. The van der Waals surface area contributed by atoms with Gasteiger partial charge in [0.05, 0.1) is 5.78 Å². The van der Waals surface area contributed by atoms with Gasteiger partial charge in [0.2, 0.25) is 0 Å². The molecular formula is C13H26NOP. The van der Waals surface area contributed by atoms with Crippen LogP contribution in [0.5, 0.6) is 0 Å². The van der Waals surface area contributed by atoms with Crippen LogP contribution in [0.4, 0.5) is 0 Å². The normalized spacial score (nSPS) is 39.9. The number of likely N-dealkylation sites (tertiary alicyclic amines) is 1. The molecule has 0 saturated carbocycles. The maximum atomic E-state index is 12.7. The van der Waals surface area contributed by atoms with Crippen molar-refractivity contribution in [3.05, 3.63) is 0 Å². The molecular weight excluding hydrogens is 217 g/mol. The number of rotatable bonds is 5. The lowest BCUT2D eigenvalue weighted by Crippen LogP contribution is -2.33. The average molecular weight is 243 g/mol. The first-order valence-corrected chi connectivity index (χ1v) is 9.09. The van der Waals surface area contributed by atoms with Crippen molar-refractivity contribution in [2.45, 2.75) is 63.8 Å². The molecule has 2 aliphatic heterocycles. The summed E-state index contributed by atoms with van der Waals surface area (Å²) in [5.74, 6) is 0.490. The van der Waals surface area contributed by atoms with Crippen LogP contribution in [-0.2, 0) is 4.57 Å². The van der Waals surface area contributed by atoms with E-state index in [1.54, 1.807) is 0 Å². The summed E-state index contributed by atoms with van der Waals surface area (Å²) in [7, 11) is -1.79. The van der Waals surface area contributed by atoms with Gasteiger partial charge in [0.25, 0.3) is 0 Å². The van der Waals surface area contributed by atoms with Crippen molar-refractivity contribution < 1.29 is 4.57 Å². The second-order valence-electron chi connectivity index (χ2n) is 5.39. The van der Waals surface area contributed by atoms with Crippen molar-refractivity contribution in [1.82, 2.24) is 4.90 Å². The van der Waals surface area contributed by atoms with Gasteiger partial charge in [-0.2, -0.15) is 0 Å². The molecule has 0 aromatic rings. The van der Waals surface area contributed by atoms with Crippen molar-refractivity contribution in [2.24, 2.45) is 0 Å². The van der Waals surface area contributed by atoms with E-state index in [0.717, 1.165) is 6.16 Å². The molecule has 2 aliphatic rings. The second kappa shape index (κ2) is 5.23. The highest BCUT2D eigenvalue weighted by atomic mass is 31.2. The zero-order chi connectivity index (χ0) is 11.6. The number of hydrogen-bond acceptors (Lipinski definition) is 2. The van der Waals surface area contributed by atoms with E-state index in [9.17, 15) is 4.57 Å². The molecule has 0 N–H and O–H groups in total. The van der Waals surface area contributed by atoms with E-state index in [1.165, 1.54) is 51.6 Å². The van der Waals surface area contributed by atoms with E-state index >= 15 is 0 Å². The van der Waals surface area contributed by atoms with Crippen LogP contribution in [0.1, 0.15) is 52.4 Å². The topological polar surface area (TPSA) is 20.3 Å². The van der Waals surface area contributed by atoms with Gasteiger partial charge >= 0.3 is 0 Å². The Balaban J connectivity index is 1.95. The van der Waals surface area contributed by atoms with Gasteiger partial charge in [-0.15, -0.1) is 0 Å². The molecule has 0 spiro atoms. The molecule has 94 valence electrons. The average Bonchev–Trinajstić information content (AvgIpc) is 2.94. The van der Waals surface area contributed by atoms with Crippen LogP contribution in [-0.4, -0.2) is 35.6 Å². The van der Waals surface area contributed by atoms with Crippen LogP contribution in [0.2, 0.25) is 0 Å². The maximum Gasteiger partial charge on any atom is 0.109 e. The van der Waals surface area contributed by atoms with Gasteiger partial charge in [0.1, 0.15) is 7.14 Å². The highest BCUT2D eigenvalue weighted by Gasteiger charge is 2.61. The minimum absolute atomic E-state index is 0.490. The third-order valence-corrected chi connectivity index (χ3v) is 8.27. The van der Waals surface area contributed by atoms with Crippen molar-refractivity contribution >= 4 is 7.14 Å². The van der Waals surface area contributed by atoms with Gasteiger partial charge < -0.3 is 4.57 Å². The van der Waals surface area contributed by atoms with Gasteiger partial charge in [-0.05, 0) is 38.5 Å². The lowest BCUT2D eigenvalue weighted by molar-refractivity contribution is 0.224. The van der Waals surface area contributed by atoms with Crippen LogP contribution in [0, 0.1) is 0 Å². The molecule has 0 amide bonds. The minimum Gasteiger partial charge on any atom is -0.322 e. The Bertz CT molecular complexity index is 273. The van der Waals surface area contributed by atoms with E-state index in [1.807, 2.05) is 0 Å². The standard InChI is InChI=1S/C13H26NOP/c1-3-5-9-12-13(16(12,15)4-2)14-10-7-6-8-11-14/h12-13H,3-11H2,1-2H3. The van der Waals surface area contributed by atoms with Gasteiger partial charge in [-0.1, -0.05) is 33.1 Å². The summed E-state index contributed by atoms with van der Waals surface area (Å²) in [5, 5.41) is 0. The summed E-state index contributed by atoms with van der Waals surface area (Å²) in [6.45, 7) is 6.77. The summed E-state index contributed by atoms with van der Waals surface area (Å²) in [6, 6.07) is 0. The SMILES string of the molecule is CCCCC1C(N2CCCCC2)P1(=O)CC. The number of hydrogen-bond donors (Lipinski definition) is 0. The molecule has 2 rings (SSSR count). The quantitative estimate of drug-likeness (QED) is 0.685.